The van der Waals surface area contributed by atoms with Gasteiger partial charge in [0.25, 0.3) is 0 Å². The summed E-state index contributed by atoms with van der Waals surface area (Å²) in [6, 6.07) is 0. The zero-order valence-corrected chi connectivity index (χ0v) is 10.7. The molecule has 0 saturated heterocycles. The number of allylic oxidation sites excluding steroid dienone is 2. The average Bonchev–Trinajstić information content (AvgIpc) is 2.57. The number of hydrogen-bond donors (Lipinski definition) is 0. The molecule has 16 heavy (non-hydrogen) atoms. The fourth-order valence-corrected chi connectivity index (χ4v) is 6.05. The molecule has 0 amide bonds. The zero-order chi connectivity index (χ0) is 10.9. The molecule has 0 heterocycles. The molecule has 6 atom stereocenters. The molecular formula is C16H24. The van der Waals surface area contributed by atoms with Crippen LogP contribution in [0, 0.1) is 35.0 Å². The van der Waals surface area contributed by atoms with E-state index in [2.05, 4.69) is 19.9 Å². The summed E-state index contributed by atoms with van der Waals surface area (Å²) in [4.78, 5) is 0. The van der Waals surface area contributed by atoms with E-state index in [1.165, 1.54) is 19.3 Å². The maximum atomic E-state index is 2.65. The summed E-state index contributed by atoms with van der Waals surface area (Å²) in [6.45, 7) is 5.02. The van der Waals surface area contributed by atoms with Crippen LogP contribution < -0.4 is 0 Å². The summed E-state index contributed by atoms with van der Waals surface area (Å²) in [6.07, 6.45) is 11.6. The van der Waals surface area contributed by atoms with Crippen molar-refractivity contribution in [3.05, 3.63) is 11.6 Å². The Hall–Kier alpha value is -0.260. The van der Waals surface area contributed by atoms with Crippen molar-refractivity contribution in [2.75, 3.05) is 0 Å². The highest BCUT2D eigenvalue weighted by atomic mass is 14.7. The van der Waals surface area contributed by atoms with Gasteiger partial charge in [-0.2, -0.15) is 0 Å². The second-order valence-corrected chi connectivity index (χ2v) is 7.04. The Balaban J connectivity index is 1.83. The summed E-state index contributed by atoms with van der Waals surface area (Å²) >= 11 is 0. The van der Waals surface area contributed by atoms with Gasteiger partial charge in [0.15, 0.2) is 0 Å². The molecule has 0 aromatic rings. The minimum atomic E-state index is 0.597. The van der Waals surface area contributed by atoms with Crippen molar-refractivity contribution in [1.82, 2.24) is 0 Å². The first-order chi connectivity index (χ1) is 7.75. The molecular weight excluding hydrogens is 192 g/mol. The molecule has 4 rings (SSSR count). The second kappa shape index (κ2) is 2.94. The predicted molar refractivity (Wildman–Crippen MR) is 67.0 cm³/mol. The van der Waals surface area contributed by atoms with Gasteiger partial charge in [-0.15, -0.1) is 0 Å². The van der Waals surface area contributed by atoms with Crippen LogP contribution in [0.4, 0.5) is 0 Å². The van der Waals surface area contributed by atoms with E-state index in [0.29, 0.717) is 5.41 Å². The minimum Gasteiger partial charge on any atom is -0.0845 e. The molecule has 0 nitrogen and oxygen atoms in total. The monoisotopic (exact) mass is 216 g/mol. The van der Waals surface area contributed by atoms with Crippen LogP contribution in [-0.2, 0) is 0 Å². The standard InChI is InChI=1S/C16H24/c1-3-16(2)13-5-4-6-14(16)12-9-10-7-8-11(13)15(10)12/h6,10-13,15H,3-5,7-9H2,1-2H3. The topological polar surface area (TPSA) is 0 Å². The predicted octanol–water partition coefficient (Wildman–Crippen LogP) is 4.42. The minimum absolute atomic E-state index is 0.597. The first-order valence-electron chi connectivity index (χ1n) is 7.46. The highest BCUT2D eigenvalue weighted by Crippen LogP contribution is 2.70. The van der Waals surface area contributed by atoms with Crippen molar-refractivity contribution in [1.29, 1.82) is 0 Å². The Morgan fingerprint density at radius 3 is 3.00 bits per heavy atom. The van der Waals surface area contributed by atoms with Crippen molar-refractivity contribution in [2.24, 2.45) is 35.0 Å². The van der Waals surface area contributed by atoms with Crippen molar-refractivity contribution < 1.29 is 0 Å². The van der Waals surface area contributed by atoms with Crippen molar-refractivity contribution in [2.45, 2.75) is 52.4 Å². The highest BCUT2D eigenvalue weighted by molar-refractivity contribution is 5.31. The number of fused-ring (bicyclic) bond motifs is 4. The molecule has 0 spiro atoms. The first-order valence-corrected chi connectivity index (χ1v) is 7.46. The summed E-state index contributed by atoms with van der Waals surface area (Å²) in [7, 11) is 0. The van der Waals surface area contributed by atoms with Gasteiger partial charge in [-0.3, -0.25) is 0 Å². The molecule has 0 heteroatoms. The lowest BCUT2D eigenvalue weighted by Crippen LogP contribution is -2.53. The fraction of sp³-hybridized carbons (Fsp3) is 0.875. The van der Waals surface area contributed by atoms with E-state index in [0.717, 1.165) is 29.6 Å². The van der Waals surface area contributed by atoms with E-state index in [-0.39, 0.29) is 0 Å². The summed E-state index contributed by atoms with van der Waals surface area (Å²) in [5.41, 5.74) is 2.50. The number of rotatable bonds is 1. The molecule has 0 aromatic carbocycles. The Kier molecular flexibility index (Phi) is 1.79. The van der Waals surface area contributed by atoms with Crippen LogP contribution >= 0.6 is 0 Å². The average molecular weight is 216 g/mol. The first kappa shape index (κ1) is 9.74. The molecule has 2 bridgehead atoms. The van der Waals surface area contributed by atoms with E-state index >= 15 is 0 Å². The third-order valence-corrected chi connectivity index (χ3v) is 6.90. The van der Waals surface area contributed by atoms with E-state index < -0.39 is 0 Å². The van der Waals surface area contributed by atoms with Gasteiger partial charge in [0.1, 0.15) is 0 Å². The van der Waals surface area contributed by atoms with E-state index in [4.69, 9.17) is 0 Å². The zero-order valence-electron chi connectivity index (χ0n) is 10.7. The highest BCUT2D eigenvalue weighted by Gasteiger charge is 2.61. The van der Waals surface area contributed by atoms with Crippen LogP contribution in [0.5, 0.6) is 0 Å². The SMILES string of the molecule is CCC1(C)C2=CCCC1C1CCC3CC2C31. The van der Waals surface area contributed by atoms with Crippen LogP contribution in [-0.4, -0.2) is 0 Å². The van der Waals surface area contributed by atoms with Crippen LogP contribution in [0.1, 0.15) is 52.4 Å². The Morgan fingerprint density at radius 2 is 2.19 bits per heavy atom. The largest absolute Gasteiger partial charge is 0.0845 e. The molecule has 0 N–H and O–H groups in total. The van der Waals surface area contributed by atoms with Crippen LogP contribution in [0.3, 0.4) is 0 Å². The van der Waals surface area contributed by atoms with Crippen LogP contribution in [0.25, 0.3) is 0 Å². The summed E-state index contributed by atoms with van der Waals surface area (Å²) < 4.78 is 0. The van der Waals surface area contributed by atoms with Gasteiger partial charge in [-0.1, -0.05) is 25.5 Å². The van der Waals surface area contributed by atoms with Gasteiger partial charge < -0.3 is 0 Å². The normalized spacial score (nSPS) is 57.6. The lowest BCUT2D eigenvalue weighted by Gasteiger charge is -2.61. The maximum absolute atomic E-state index is 2.65. The number of hydrogen-bond acceptors (Lipinski definition) is 0. The van der Waals surface area contributed by atoms with Gasteiger partial charge in [0, 0.05) is 0 Å². The van der Waals surface area contributed by atoms with Crippen molar-refractivity contribution in [3.8, 4) is 0 Å². The van der Waals surface area contributed by atoms with Crippen LogP contribution in [0.2, 0.25) is 0 Å². The lowest BCUT2D eigenvalue weighted by atomic mass is 9.44. The second-order valence-electron chi connectivity index (χ2n) is 7.04. The molecule has 4 aliphatic rings. The molecule has 0 aliphatic heterocycles. The van der Waals surface area contributed by atoms with E-state index in [1.54, 1.807) is 19.3 Å². The Morgan fingerprint density at radius 1 is 1.31 bits per heavy atom. The smallest absolute Gasteiger partial charge is 0.00850 e. The third-order valence-electron chi connectivity index (χ3n) is 6.90. The molecule has 3 fully saturated rings. The maximum Gasteiger partial charge on any atom is -0.00850 e. The summed E-state index contributed by atoms with van der Waals surface area (Å²) in [5.74, 6) is 5.46. The lowest BCUT2D eigenvalue weighted by molar-refractivity contribution is -0.0392. The van der Waals surface area contributed by atoms with Gasteiger partial charge in [0.05, 0.1) is 0 Å². The summed E-state index contributed by atoms with van der Waals surface area (Å²) in [5, 5.41) is 0. The molecule has 88 valence electrons. The molecule has 6 unspecified atom stereocenters. The van der Waals surface area contributed by atoms with Crippen molar-refractivity contribution >= 4 is 0 Å². The van der Waals surface area contributed by atoms with E-state index in [1.807, 2.05) is 5.57 Å². The quantitative estimate of drug-likeness (QED) is 0.569. The fourth-order valence-electron chi connectivity index (χ4n) is 6.05. The molecule has 3 saturated carbocycles. The van der Waals surface area contributed by atoms with Gasteiger partial charge in [-0.05, 0) is 73.5 Å². The molecule has 4 aliphatic carbocycles. The van der Waals surface area contributed by atoms with Gasteiger partial charge in [0.2, 0.25) is 0 Å². The molecule has 0 radical (unpaired) electrons. The Labute approximate surface area is 99.5 Å². The van der Waals surface area contributed by atoms with Crippen molar-refractivity contribution in [3.63, 3.8) is 0 Å². The molecule has 0 aromatic heterocycles. The van der Waals surface area contributed by atoms with Crippen LogP contribution in [0.15, 0.2) is 11.6 Å². The van der Waals surface area contributed by atoms with E-state index in [9.17, 15) is 0 Å². The van der Waals surface area contributed by atoms with Gasteiger partial charge >= 0.3 is 0 Å². The van der Waals surface area contributed by atoms with Gasteiger partial charge in [-0.25, -0.2) is 0 Å². The third kappa shape index (κ3) is 0.901. The Bertz CT molecular complexity index is 353.